The number of para-hydroxylation sites is 2. The van der Waals surface area contributed by atoms with Gasteiger partial charge in [0.05, 0.1) is 19.2 Å². The summed E-state index contributed by atoms with van der Waals surface area (Å²) in [5, 5.41) is 15.0. The van der Waals surface area contributed by atoms with Crippen LogP contribution in [-0.2, 0) is 13.0 Å². The number of nitrogens with one attached hydrogen (secondary N) is 2. The van der Waals surface area contributed by atoms with Gasteiger partial charge in [-0.25, -0.2) is 0 Å². The highest BCUT2D eigenvalue weighted by Gasteiger charge is 2.29. The molecule has 0 amide bonds. The maximum Gasteiger partial charge on any atom is 0.174 e. The Labute approximate surface area is 146 Å². The SMILES string of the molecule is OCC1Cc2c([nH]c3ccccc23)CN1C(=S)Nc1ccccc1. The molecule has 1 aromatic heterocycles. The number of aliphatic hydroxyl groups excluding tert-OH is 1. The number of fused-ring (bicyclic) bond motifs is 3. The van der Waals surface area contributed by atoms with Crippen molar-refractivity contribution in [2.75, 3.05) is 11.9 Å². The number of hydrogen-bond acceptors (Lipinski definition) is 2. The fourth-order valence-corrected chi connectivity index (χ4v) is 3.72. The number of aromatic nitrogens is 1. The van der Waals surface area contributed by atoms with E-state index in [4.69, 9.17) is 12.2 Å². The highest BCUT2D eigenvalue weighted by atomic mass is 32.1. The molecule has 0 saturated heterocycles. The number of anilines is 1. The van der Waals surface area contributed by atoms with Gasteiger partial charge in [0.2, 0.25) is 0 Å². The van der Waals surface area contributed by atoms with Crippen LogP contribution in [0.15, 0.2) is 54.6 Å². The maximum absolute atomic E-state index is 9.87. The average molecular weight is 337 g/mol. The number of nitrogens with zero attached hydrogens (tertiary/aromatic N) is 1. The van der Waals surface area contributed by atoms with Crippen LogP contribution in [0.5, 0.6) is 0 Å². The molecule has 24 heavy (non-hydrogen) atoms. The van der Waals surface area contributed by atoms with Gasteiger partial charge >= 0.3 is 0 Å². The minimum atomic E-state index is -0.0135. The first kappa shape index (κ1) is 15.2. The van der Waals surface area contributed by atoms with Crippen LogP contribution in [0.1, 0.15) is 11.3 Å². The molecule has 4 nitrogen and oxygen atoms in total. The van der Waals surface area contributed by atoms with Gasteiger partial charge in [0.15, 0.2) is 5.11 Å². The fraction of sp³-hybridized carbons (Fsp3) is 0.211. The molecular weight excluding hydrogens is 318 g/mol. The molecule has 1 aliphatic rings. The number of hydrogen-bond donors (Lipinski definition) is 3. The van der Waals surface area contributed by atoms with E-state index in [1.165, 1.54) is 16.6 Å². The highest BCUT2D eigenvalue weighted by molar-refractivity contribution is 7.80. The lowest BCUT2D eigenvalue weighted by Crippen LogP contribution is -2.47. The molecule has 0 spiro atoms. The zero-order valence-corrected chi connectivity index (χ0v) is 14.0. The van der Waals surface area contributed by atoms with E-state index >= 15 is 0 Å². The Kier molecular flexibility index (Phi) is 3.96. The van der Waals surface area contributed by atoms with Gasteiger partial charge in [-0.3, -0.25) is 0 Å². The molecular formula is C19H19N3OS. The van der Waals surface area contributed by atoms with E-state index in [1.807, 2.05) is 36.4 Å². The lowest BCUT2D eigenvalue weighted by Gasteiger charge is -2.36. The third kappa shape index (κ3) is 2.66. The summed E-state index contributed by atoms with van der Waals surface area (Å²) < 4.78 is 0. The predicted octanol–water partition coefficient (Wildman–Crippen LogP) is 3.28. The van der Waals surface area contributed by atoms with Crippen molar-refractivity contribution in [2.24, 2.45) is 0 Å². The van der Waals surface area contributed by atoms with E-state index in [2.05, 4.69) is 33.4 Å². The molecule has 2 aromatic carbocycles. The number of rotatable bonds is 2. The lowest BCUT2D eigenvalue weighted by molar-refractivity contribution is 0.167. The Balaban J connectivity index is 1.63. The molecule has 3 aromatic rings. The van der Waals surface area contributed by atoms with Crippen molar-refractivity contribution in [1.82, 2.24) is 9.88 Å². The molecule has 122 valence electrons. The molecule has 0 radical (unpaired) electrons. The van der Waals surface area contributed by atoms with Crippen molar-refractivity contribution in [1.29, 1.82) is 0 Å². The standard InChI is InChI=1S/C19H19N3OS/c23-12-14-10-16-15-8-4-5-9-17(15)21-18(16)11-22(14)19(24)20-13-6-2-1-3-7-13/h1-9,14,21,23H,10-12H2,(H,20,24). The lowest BCUT2D eigenvalue weighted by atomic mass is 9.97. The van der Waals surface area contributed by atoms with Crippen LogP contribution in [-0.4, -0.2) is 32.8 Å². The monoisotopic (exact) mass is 337 g/mol. The minimum Gasteiger partial charge on any atom is -0.394 e. The van der Waals surface area contributed by atoms with E-state index in [0.717, 1.165) is 17.6 Å². The van der Waals surface area contributed by atoms with Gasteiger partial charge in [0.25, 0.3) is 0 Å². The second-order valence-corrected chi connectivity index (χ2v) is 6.48. The van der Waals surface area contributed by atoms with Crippen LogP contribution >= 0.6 is 12.2 Å². The Morgan fingerprint density at radius 2 is 1.92 bits per heavy atom. The van der Waals surface area contributed by atoms with E-state index in [9.17, 15) is 5.11 Å². The summed E-state index contributed by atoms with van der Waals surface area (Å²) in [6.07, 6.45) is 0.784. The van der Waals surface area contributed by atoms with Crippen molar-refractivity contribution >= 4 is 33.9 Å². The molecule has 3 N–H and O–H groups in total. The Morgan fingerprint density at radius 1 is 1.17 bits per heavy atom. The van der Waals surface area contributed by atoms with Crippen LogP contribution in [0.2, 0.25) is 0 Å². The Morgan fingerprint density at radius 3 is 2.71 bits per heavy atom. The van der Waals surface area contributed by atoms with Crippen molar-refractivity contribution in [3.05, 3.63) is 65.9 Å². The smallest absolute Gasteiger partial charge is 0.174 e. The summed E-state index contributed by atoms with van der Waals surface area (Å²) in [4.78, 5) is 5.57. The molecule has 1 atom stereocenters. The van der Waals surface area contributed by atoms with E-state index in [0.29, 0.717) is 11.7 Å². The third-order valence-corrected chi connectivity index (χ3v) is 4.94. The summed E-state index contributed by atoms with van der Waals surface area (Å²) in [7, 11) is 0. The molecule has 1 aliphatic heterocycles. The first-order valence-corrected chi connectivity index (χ1v) is 8.49. The van der Waals surface area contributed by atoms with Crippen molar-refractivity contribution in [3.63, 3.8) is 0 Å². The van der Waals surface area contributed by atoms with Crippen LogP contribution in [0, 0.1) is 0 Å². The summed E-state index contributed by atoms with van der Waals surface area (Å²) >= 11 is 5.60. The van der Waals surface area contributed by atoms with Crippen LogP contribution < -0.4 is 5.32 Å². The van der Waals surface area contributed by atoms with Gasteiger partial charge in [0.1, 0.15) is 0 Å². The second-order valence-electron chi connectivity index (χ2n) is 6.09. The predicted molar refractivity (Wildman–Crippen MR) is 101 cm³/mol. The maximum atomic E-state index is 9.87. The first-order valence-electron chi connectivity index (χ1n) is 8.08. The normalized spacial score (nSPS) is 16.9. The average Bonchev–Trinajstić information content (AvgIpc) is 2.99. The largest absolute Gasteiger partial charge is 0.394 e. The third-order valence-electron chi connectivity index (χ3n) is 4.61. The molecule has 0 saturated carbocycles. The summed E-state index contributed by atoms with van der Waals surface area (Å²) in [6.45, 7) is 0.753. The topological polar surface area (TPSA) is 51.3 Å². The Bertz CT molecular complexity index is 875. The zero-order chi connectivity index (χ0) is 16.5. The summed E-state index contributed by atoms with van der Waals surface area (Å²) in [5.74, 6) is 0. The van der Waals surface area contributed by atoms with Gasteiger partial charge in [-0.15, -0.1) is 0 Å². The molecule has 1 unspecified atom stereocenters. The second kappa shape index (κ2) is 6.26. The van der Waals surface area contributed by atoms with Crippen LogP contribution in [0.3, 0.4) is 0 Å². The molecule has 5 heteroatoms. The van der Waals surface area contributed by atoms with Gasteiger partial charge in [0, 0.05) is 22.3 Å². The quantitative estimate of drug-likeness (QED) is 0.628. The number of aromatic amines is 1. The molecule has 0 aliphatic carbocycles. The molecule has 4 rings (SSSR count). The summed E-state index contributed by atoms with van der Waals surface area (Å²) in [5.41, 5.74) is 4.58. The van der Waals surface area contributed by atoms with Crippen LogP contribution in [0.4, 0.5) is 5.69 Å². The van der Waals surface area contributed by atoms with Gasteiger partial charge in [-0.1, -0.05) is 36.4 Å². The minimum absolute atomic E-state index is 0.0135. The number of benzene rings is 2. The first-order chi connectivity index (χ1) is 11.8. The Hall–Kier alpha value is -2.37. The van der Waals surface area contributed by atoms with Crippen LogP contribution in [0.25, 0.3) is 10.9 Å². The van der Waals surface area contributed by atoms with Gasteiger partial charge < -0.3 is 20.3 Å². The van der Waals surface area contributed by atoms with Crippen molar-refractivity contribution < 1.29 is 5.11 Å². The van der Waals surface area contributed by atoms with Crippen molar-refractivity contribution in [3.8, 4) is 0 Å². The van der Waals surface area contributed by atoms with E-state index < -0.39 is 0 Å². The number of H-pyrrole nitrogens is 1. The number of thiocarbonyl (C=S) groups is 1. The zero-order valence-electron chi connectivity index (χ0n) is 13.2. The van der Waals surface area contributed by atoms with Crippen molar-refractivity contribution in [2.45, 2.75) is 19.0 Å². The van der Waals surface area contributed by atoms with E-state index in [1.54, 1.807) is 0 Å². The van der Waals surface area contributed by atoms with Gasteiger partial charge in [-0.2, -0.15) is 0 Å². The molecule has 2 heterocycles. The van der Waals surface area contributed by atoms with Gasteiger partial charge in [-0.05, 0) is 42.4 Å². The van der Waals surface area contributed by atoms with E-state index in [-0.39, 0.29) is 12.6 Å². The fourth-order valence-electron chi connectivity index (χ4n) is 3.39. The molecule has 0 fully saturated rings. The summed E-state index contributed by atoms with van der Waals surface area (Å²) in [6, 6.07) is 18.2. The highest BCUT2D eigenvalue weighted by Crippen LogP contribution is 2.30. The molecule has 0 bridgehead atoms. The number of aliphatic hydroxyl groups is 1.